The molecule has 0 unspecified atom stereocenters. The van der Waals surface area contributed by atoms with Crippen LogP contribution < -0.4 is 27.3 Å². The van der Waals surface area contributed by atoms with Gasteiger partial charge in [-0.1, -0.05) is 6.07 Å². The molecule has 0 spiro atoms. The van der Waals surface area contributed by atoms with E-state index in [1.165, 1.54) is 21.7 Å². The van der Waals surface area contributed by atoms with Gasteiger partial charge in [-0.2, -0.15) is 4.98 Å². The molecule has 0 aliphatic carbocycles. The van der Waals surface area contributed by atoms with Crippen LogP contribution in [0, 0.1) is 0 Å². The van der Waals surface area contributed by atoms with Gasteiger partial charge in [-0.15, -0.1) is 15.7 Å². The van der Waals surface area contributed by atoms with Crippen molar-refractivity contribution in [3.8, 4) is 11.1 Å². The summed E-state index contributed by atoms with van der Waals surface area (Å²) < 4.78 is 53.7. The maximum absolute atomic E-state index is 13.3. The summed E-state index contributed by atoms with van der Waals surface area (Å²) in [6.45, 7) is 0.440. The number of fused-ring (bicyclic) bond motifs is 1. The van der Waals surface area contributed by atoms with Crippen LogP contribution in [0.4, 0.5) is 5.95 Å². The number of hydrazine groups is 2. The Labute approximate surface area is 188 Å². The predicted molar refractivity (Wildman–Crippen MR) is 119 cm³/mol. The summed E-state index contributed by atoms with van der Waals surface area (Å²) in [5, 5.41) is 17.4. The molecule has 4 heterocycles. The number of nitrogen functional groups attached to an aromatic ring is 1. The Hall–Kier alpha value is -3.31. The van der Waals surface area contributed by atoms with Crippen molar-refractivity contribution in [2.75, 3.05) is 25.9 Å². The number of rotatable bonds is 5. The monoisotopic (exact) mass is 492 g/mol. The van der Waals surface area contributed by atoms with E-state index in [9.17, 15) is 16.8 Å². The number of nitrogens with two attached hydrogens (primary N) is 2. The first-order chi connectivity index (χ1) is 15.6. The van der Waals surface area contributed by atoms with Crippen molar-refractivity contribution >= 4 is 37.3 Å². The number of hydrogen-bond acceptors (Lipinski definition) is 12. The average Bonchev–Trinajstić information content (AvgIpc) is 3.27. The first-order valence-electron chi connectivity index (χ1n) is 9.66. The minimum atomic E-state index is -4.51. The number of anilines is 1. The number of hydrogen-bond donors (Lipinski definition) is 5. The highest BCUT2D eigenvalue weighted by Crippen LogP contribution is 2.36. The number of sulfonamides is 1. The molecule has 0 amide bonds. The van der Waals surface area contributed by atoms with E-state index in [0.29, 0.717) is 16.8 Å². The number of amidine groups is 1. The third-order valence-electron chi connectivity index (χ3n) is 5.47. The fraction of sp³-hybridized carbons (Fsp3) is 0.235. The molecule has 3 aromatic rings. The molecule has 5 rings (SSSR count). The minimum Gasteiger partial charge on any atom is -0.366 e. The van der Waals surface area contributed by atoms with E-state index in [0.717, 1.165) is 0 Å². The van der Waals surface area contributed by atoms with Gasteiger partial charge in [0.05, 0.1) is 10.1 Å². The predicted octanol–water partition coefficient (Wildman–Crippen LogP) is -2.01. The van der Waals surface area contributed by atoms with Crippen molar-refractivity contribution in [1.29, 1.82) is 0 Å². The molecule has 174 valence electrons. The lowest BCUT2D eigenvalue weighted by atomic mass is 10.00. The maximum Gasteiger partial charge on any atom is 0.240 e. The van der Waals surface area contributed by atoms with Crippen LogP contribution in [0.5, 0.6) is 0 Å². The summed E-state index contributed by atoms with van der Waals surface area (Å²) >= 11 is 0. The van der Waals surface area contributed by atoms with Crippen LogP contribution in [0.1, 0.15) is 5.56 Å². The number of nitrogens with zero attached hydrogens (tertiary/aromatic N) is 5. The summed E-state index contributed by atoms with van der Waals surface area (Å²) in [5.41, 5.74) is 12.3. The molecule has 0 radical (unpaired) electrons. The Morgan fingerprint density at radius 3 is 2.48 bits per heavy atom. The summed E-state index contributed by atoms with van der Waals surface area (Å²) in [6, 6.07) is 6.14. The van der Waals surface area contributed by atoms with E-state index in [1.54, 1.807) is 25.4 Å². The second-order valence-corrected chi connectivity index (χ2v) is 11.3. The summed E-state index contributed by atoms with van der Waals surface area (Å²) in [7, 11) is -6.92. The number of nitrogens with one attached hydrogen (secondary N) is 3. The quantitative estimate of drug-likeness (QED) is 0.263. The molecule has 2 aliphatic heterocycles. The highest BCUT2D eigenvalue weighted by atomic mass is 32.2. The SMILES string of the molecule is CN1NNN=C1c1c(-c2ccc3nc(N)nn3c2)ccc(S(=O)(=O)C2CNC2)c1S(N)(=O)=O. The van der Waals surface area contributed by atoms with E-state index in [1.807, 2.05) is 0 Å². The molecule has 0 atom stereocenters. The summed E-state index contributed by atoms with van der Waals surface area (Å²) in [5.74, 6) is 0.206. The third kappa shape index (κ3) is 3.47. The number of hydrazone groups is 1. The van der Waals surface area contributed by atoms with Gasteiger partial charge in [-0.3, -0.25) is 5.01 Å². The fourth-order valence-electron chi connectivity index (χ4n) is 3.76. The van der Waals surface area contributed by atoms with Crippen molar-refractivity contribution in [2.45, 2.75) is 15.0 Å². The third-order valence-corrected chi connectivity index (χ3v) is 8.76. The van der Waals surface area contributed by atoms with Crippen molar-refractivity contribution in [2.24, 2.45) is 10.2 Å². The Morgan fingerprint density at radius 1 is 1.12 bits per heavy atom. The zero-order valence-corrected chi connectivity index (χ0v) is 18.9. The highest BCUT2D eigenvalue weighted by Gasteiger charge is 2.39. The number of aromatic nitrogens is 3. The molecule has 1 aromatic carbocycles. The average molecular weight is 493 g/mol. The first-order valence-corrected chi connectivity index (χ1v) is 12.8. The Bertz CT molecular complexity index is 1530. The van der Waals surface area contributed by atoms with Crippen LogP contribution in [0.2, 0.25) is 0 Å². The molecule has 33 heavy (non-hydrogen) atoms. The lowest BCUT2D eigenvalue weighted by Crippen LogP contribution is -2.51. The summed E-state index contributed by atoms with van der Waals surface area (Å²) in [6.07, 6.45) is 1.60. The molecule has 14 nitrogen and oxygen atoms in total. The first kappa shape index (κ1) is 21.5. The molecule has 1 fully saturated rings. The van der Waals surface area contributed by atoms with E-state index < -0.39 is 30.0 Å². The molecule has 2 aromatic heterocycles. The van der Waals surface area contributed by atoms with Crippen LogP contribution in [-0.4, -0.2) is 67.7 Å². The van der Waals surface area contributed by atoms with Gasteiger partial charge in [0.1, 0.15) is 4.90 Å². The normalized spacial score (nSPS) is 17.2. The molecule has 7 N–H and O–H groups in total. The van der Waals surface area contributed by atoms with Crippen LogP contribution in [0.3, 0.4) is 0 Å². The lowest BCUT2D eigenvalue weighted by molar-refractivity contribution is 0.348. The molecule has 2 aliphatic rings. The Morgan fingerprint density at radius 2 is 1.88 bits per heavy atom. The van der Waals surface area contributed by atoms with E-state index >= 15 is 0 Å². The molecule has 16 heteroatoms. The topological polar surface area (TPSA) is 202 Å². The van der Waals surface area contributed by atoms with Crippen LogP contribution in [0.25, 0.3) is 16.8 Å². The lowest BCUT2D eigenvalue weighted by Gasteiger charge is -2.28. The Balaban J connectivity index is 1.85. The van der Waals surface area contributed by atoms with Gasteiger partial charge in [-0.25, -0.2) is 32.0 Å². The van der Waals surface area contributed by atoms with Gasteiger partial charge < -0.3 is 11.1 Å². The smallest absolute Gasteiger partial charge is 0.240 e. The minimum absolute atomic E-state index is 0.0262. The molecule has 0 saturated carbocycles. The van der Waals surface area contributed by atoms with Crippen molar-refractivity contribution < 1.29 is 16.8 Å². The fourth-order valence-corrected chi connectivity index (χ4v) is 6.94. The summed E-state index contributed by atoms with van der Waals surface area (Å²) in [4.78, 5) is 3.18. The molecular weight excluding hydrogens is 472 g/mol. The van der Waals surface area contributed by atoms with Gasteiger partial charge in [0, 0.05) is 37.5 Å². The second kappa shape index (κ2) is 7.35. The zero-order chi connectivity index (χ0) is 23.5. The zero-order valence-electron chi connectivity index (χ0n) is 17.2. The largest absolute Gasteiger partial charge is 0.366 e. The van der Waals surface area contributed by atoms with E-state index in [-0.39, 0.29) is 35.3 Å². The van der Waals surface area contributed by atoms with Gasteiger partial charge in [0.2, 0.25) is 16.0 Å². The van der Waals surface area contributed by atoms with E-state index in [4.69, 9.17) is 10.9 Å². The highest BCUT2D eigenvalue weighted by molar-refractivity contribution is 7.94. The van der Waals surface area contributed by atoms with Crippen molar-refractivity contribution in [3.05, 3.63) is 36.0 Å². The molecule has 1 saturated heterocycles. The number of benzene rings is 1. The Kier molecular flexibility index (Phi) is 4.80. The van der Waals surface area contributed by atoms with Crippen LogP contribution in [-0.2, 0) is 19.9 Å². The van der Waals surface area contributed by atoms with Crippen LogP contribution >= 0.6 is 0 Å². The number of primary sulfonamides is 1. The number of sulfone groups is 1. The van der Waals surface area contributed by atoms with Gasteiger partial charge in [0.15, 0.2) is 21.3 Å². The van der Waals surface area contributed by atoms with E-state index in [2.05, 4.69) is 31.6 Å². The standard InChI is InChI=1S/C17H20N10O4S2/c1-26-16(22-24-25-26)14-11(9-2-5-13-21-17(18)23-27(13)8-9)3-4-12(15(14)33(19,30)31)32(28,29)10-6-20-7-10/h2-5,8,10,20,24-25H,6-7H2,1H3,(H2,18,23)(H2,19,30,31). The van der Waals surface area contributed by atoms with Gasteiger partial charge in [0.25, 0.3) is 0 Å². The molecule has 0 bridgehead atoms. The second-order valence-electron chi connectivity index (χ2n) is 7.59. The van der Waals surface area contributed by atoms with Crippen molar-refractivity contribution in [3.63, 3.8) is 0 Å². The number of pyridine rings is 1. The van der Waals surface area contributed by atoms with Crippen molar-refractivity contribution in [1.82, 2.24) is 36.0 Å². The maximum atomic E-state index is 13.3. The van der Waals surface area contributed by atoms with Gasteiger partial charge in [-0.05, 0) is 23.8 Å². The van der Waals surface area contributed by atoms with Gasteiger partial charge >= 0.3 is 0 Å². The van der Waals surface area contributed by atoms with Crippen LogP contribution in [0.15, 0.2) is 45.4 Å². The molecular formula is C17H20N10O4S2.